The Morgan fingerprint density at radius 2 is 2.08 bits per heavy atom. The zero-order valence-corrected chi connectivity index (χ0v) is 8.78. The normalized spacial score (nSPS) is 10.4. The number of allylic oxidation sites excluding steroid dienone is 1. The van der Waals surface area contributed by atoms with Crippen LogP contribution in [0.5, 0.6) is 0 Å². The van der Waals surface area contributed by atoms with E-state index in [0.717, 1.165) is 5.57 Å². The van der Waals surface area contributed by atoms with Crippen LogP contribution in [0.2, 0.25) is 0 Å². The number of halogens is 1. The van der Waals surface area contributed by atoms with Crippen molar-refractivity contribution in [2.24, 2.45) is 0 Å². The maximum Gasteiger partial charge on any atom is 0.422 e. The van der Waals surface area contributed by atoms with Gasteiger partial charge in [0.25, 0.3) is 0 Å². The molecule has 5 nitrogen and oxygen atoms in total. The Bertz CT molecular complexity index is 305. The molecule has 0 aromatic carbocycles. The molecule has 0 aromatic heterocycles. The van der Waals surface area contributed by atoms with E-state index < -0.39 is 15.3 Å². The molecule has 0 atom stereocenters. The average Bonchev–Trinajstić information content (AvgIpc) is 1.81. The van der Waals surface area contributed by atoms with Gasteiger partial charge in [0.2, 0.25) is 0 Å². The summed E-state index contributed by atoms with van der Waals surface area (Å²) in [5.74, 6) is 0. The summed E-state index contributed by atoms with van der Waals surface area (Å²) in [5, 5.41) is 0. The standard InChI is InChI=1S/C6H10ClNO4S/c1-5(2)3-4-12-6(9)8-13(7,10)11/h3H,4H2,1-2H3,(H,8,9). The minimum atomic E-state index is -4.05. The van der Waals surface area contributed by atoms with Crippen LogP contribution in [-0.2, 0) is 14.0 Å². The van der Waals surface area contributed by atoms with E-state index in [2.05, 4.69) is 4.74 Å². The van der Waals surface area contributed by atoms with Crippen LogP contribution in [0.15, 0.2) is 11.6 Å². The first-order valence-corrected chi connectivity index (χ1v) is 5.64. The van der Waals surface area contributed by atoms with Gasteiger partial charge in [-0.15, -0.1) is 0 Å². The molecule has 0 radical (unpaired) electrons. The van der Waals surface area contributed by atoms with E-state index in [9.17, 15) is 13.2 Å². The van der Waals surface area contributed by atoms with Crippen molar-refractivity contribution in [3.63, 3.8) is 0 Å². The van der Waals surface area contributed by atoms with Crippen molar-refractivity contribution in [2.75, 3.05) is 6.61 Å². The third-order valence-electron chi connectivity index (χ3n) is 0.911. The van der Waals surface area contributed by atoms with Crippen LogP contribution in [-0.4, -0.2) is 21.1 Å². The molecule has 0 spiro atoms. The Kier molecular flexibility index (Phi) is 4.79. The number of carbonyl (C=O) groups is 1. The van der Waals surface area contributed by atoms with Crippen molar-refractivity contribution in [2.45, 2.75) is 13.8 Å². The molecule has 1 N–H and O–H groups in total. The molecular formula is C6H10ClNO4S. The Labute approximate surface area is 81.3 Å². The lowest BCUT2D eigenvalue weighted by Crippen LogP contribution is -2.27. The average molecular weight is 228 g/mol. The molecule has 0 unspecified atom stereocenters. The quantitative estimate of drug-likeness (QED) is 0.580. The molecule has 7 heteroatoms. The molecule has 0 saturated carbocycles. The summed E-state index contributed by atoms with van der Waals surface area (Å²) >= 11 is 0. The highest BCUT2D eigenvalue weighted by atomic mass is 35.7. The molecule has 0 rings (SSSR count). The second kappa shape index (κ2) is 5.08. The summed E-state index contributed by atoms with van der Waals surface area (Å²) < 4.78 is 26.4. The highest BCUT2D eigenvalue weighted by molar-refractivity contribution is 8.12. The minimum absolute atomic E-state index is 0.0145. The Morgan fingerprint density at radius 3 is 2.46 bits per heavy atom. The number of hydrogen-bond donors (Lipinski definition) is 1. The molecule has 0 fully saturated rings. The maximum absolute atomic E-state index is 10.6. The van der Waals surface area contributed by atoms with Crippen LogP contribution in [0.1, 0.15) is 13.8 Å². The summed E-state index contributed by atoms with van der Waals surface area (Å²) in [6, 6.07) is 0. The van der Waals surface area contributed by atoms with Crippen LogP contribution < -0.4 is 4.72 Å². The Balaban J connectivity index is 3.85. The number of ether oxygens (including phenoxy) is 1. The first-order valence-electron chi connectivity index (χ1n) is 3.34. The van der Waals surface area contributed by atoms with Crippen LogP contribution in [0.25, 0.3) is 0 Å². The molecule has 0 aromatic rings. The van der Waals surface area contributed by atoms with Crippen LogP contribution in [0, 0.1) is 0 Å². The van der Waals surface area contributed by atoms with Gasteiger partial charge in [-0.05, 0) is 19.9 Å². The second-order valence-electron chi connectivity index (χ2n) is 2.42. The molecule has 0 heterocycles. The summed E-state index contributed by atoms with van der Waals surface area (Å²) in [6.07, 6.45) is 0.535. The van der Waals surface area contributed by atoms with Gasteiger partial charge < -0.3 is 4.74 Å². The van der Waals surface area contributed by atoms with Crippen LogP contribution >= 0.6 is 10.7 Å². The number of carbonyl (C=O) groups excluding carboxylic acids is 1. The molecule has 13 heavy (non-hydrogen) atoms. The van der Waals surface area contributed by atoms with Gasteiger partial charge in [-0.2, -0.15) is 8.42 Å². The van der Waals surface area contributed by atoms with Crippen molar-refractivity contribution in [1.29, 1.82) is 0 Å². The van der Waals surface area contributed by atoms with Gasteiger partial charge in [-0.3, -0.25) is 0 Å². The lowest BCUT2D eigenvalue weighted by atomic mass is 10.3. The fourth-order valence-corrected chi connectivity index (χ4v) is 0.860. The molecule has 0 aliphatic rings. The van der Waals surface area contributed by atoms with E-state index in [1.54, 1.807) is 6.08 Å². The van der Waals surface area contributed by atoms with Gasteiger partial charge in [-0.25, -0.2) is 9.52 Å². The zero-order valence-electron chi connectivity index (χ0n) is 7.20. The Morgan fingerprint density at radius 1 is 1.54 bits per heavy atom. The molecule has 0 aliphatic heterocycles. The highest BCUT2D eigenvalue weighted by Crippen LogP contribution is 1.92. The van der Waals surface area contributed by atoms with Gasteiger partial charge >= 0.3 is 15.3 Å². The minimum Gasteiger partial charge on any atom is -0.445 e. The van der Waals surface area contributed by atoms with Crippen molar-refractivity contribution in [1.82, 2.24) is 4.72 Å². The van der Waals surface area contributed by atoms with Gasteiger partial charge in [-0.1, -0.05) is 5.57 Å². The van der Waals surface area contributed by atoms with E-state index in [1.165, 1.54) is 4.72 Å². The second-order valence-corrected chi connectivity index (χ2v) is 4.72. The third-order valence-corrected chi connectivity index (χ3v) is 1.55. The van der Waals surface area contributed by atoms with Crippen molar-refractivity contribution in [3.05, 3.63) is 11.6 Å². The monoisotopic (exact) mass is 227 g/mol. The SMILES string of the molecule is CC(C)=CCOC(=O)NS(=O)(=O)Cl. The van der Waals surface area contributed by atoms with Crippen molar-refractivity contribution in [3.8, 4) is 0 Å². The molecule has 1 amide bonds. The van der Waals surface area contributed by atoms with E-state index in [-0.39, 0.29) is 6.61 Å². The topological polar surface area (TPSA) is 72.5 Å². The molecule has 0 aliphatic carbocycles. The summed E-state index contributed by atoms with van der Waals surface area (Å²) in [5.41, 5.74) is 0.960. The van der Waals surface area contributed by atoms with Gasteiger partial charge in [0.1, 0.15) is 6.61 Å². The maximum atomic E-state index is 10.6. The molecule has 0 saturated heterocycles. The van der Waals surface area contributed by atoms with Crippen molar-refractivity contribution >= 4 is 26.0 Å². The molecular weight excluding hydrogens is 218 g/mol. The van der Waals surface area contributed by atoms with E-state index in [1.807, 2.05) is 13.8 Å². The molecule has 76 valence electrons. The summed E-state index contributed by atoms with van der Waals surface area (Å²) in [6.45, 7) is 3.65. The summed E-state index contributed by atoms with van der Waals surface area (Å²) in [4.78, 5) is 10.6. The van der Waals surface area contributed by atoms with E-state index in [0.29, 0.717) is 0 Å². The number of rotatable bonds is 3. The number of nitrogens with one attached hydrogen (secondary N) is 1. The van der Waals surface area contributed by atoms with E-state index in [4.69, 9.17) is 10.7 Å². The molecule has 0 bridgehead atoms. The van der Waals surface area contributed by atoms with Crippen LogP contribution in [0.3, 0.4) is 0 Å². The third kappa shape index (κ3) is 9.16. The zero-order chi connectivity index (χ0) is 10.5. The van der Waals surface area contributed by atoms with E-state index >= 15 is 0 Å². The fraction of sp³-hybridized carbons (Fsp3) is 0.500. The lowest BCUT2D eigenvalue weighted by molar-refractivity contribution is 0.165. The predicted octanol–water partition coefficient (Wildman–Crippen LogP) is 1.16. The first-order chi connectivity index (χ1) is 5.81. The van der Waals surface area contributed by atoms with Gasteiger partial charge in [0.15, 0.2) is 0 Å². The highest BCUT2D eigenvalue weighted by Gasteiger charge is 2.10. The predicted molar refractivity (Wildman–Crippen MR) is 48.7 cm³/mol. The number of amides is 1. The summed E-state index contributed by atoms with van der Waals surface area (Å²) in [7, 11) is 0.667. The fourth-order valence-electron chi connectivity index (χ4n) is 0.413. The van der Waals surface area contributed by atoms with Gasteiger partial charge in [0, 0.05) is 10.7 Å². The van der Waals surface area contributed by atoms with Crippen molar-refractivity contribution < 1.29 is 17.9 Å². The smallest absolute Gasteiger partial charge is 0.422 e. The van der Waals surface area contributed by atoms with Crippen LogP contribution in [0.4, 0.5) is 4.79 Å². The van der Waals surface area contributed by atoms with Gasteiger partial charge in [0.05, 0.1) is 0 Å². The largest absolute Gasteiger partial charge is 0.445 e. The Hall–Kier alpha value is -0.750. The number of hydrogen-bond acceptors (Lipinski definition) is 4. The lowest BCUT2D eigenvalue weighted by Gasteiger charge is -2.00. The first kappa shape index (κ1) is 12.2.